The Morgan fingerprint density at radius 1 is 0.462 bits per heavy atom. The third-order valence-electron chi connectivity index (χ3n) is 4.33. The molecule has 26 heavy (non-hydrogen) atoms. The number of hydrogen-bond donors (Lipinski definition) is 0. The maximum atomic E-state index is 2.27. The van der Waals surface area contributed by atoms with Gasteiger partial charge in [0.05, 0.1) is 0 Å². The van der Waals surface area contributed by atoms with Gasteiger partial charge in [0.1, 0.15) is 0 Å². The van der Waals surface area contributed by atoms with Crippen LogP contribution in [0.25, 0.3) is 0 Å². The minimum absolute atomic E-state index is 0. The van der Waals surface area contributed by atoms with Crippen molar-refractivity contribution < 1.29 is 0 Å². The van der Waals surface area contributed by atoms with Gasteiger partial charge in [0.2, 0.25) is 0 Å². The van der Waals surface area contributed by atoms with Crippen LogP contribution in [0, 0.1) is 11.8 Å². The average molecular weight is 381 g/mol. The molecule has 0 N–H and O–H groups in total. The number of hydrogen-bond acceptors (Lipinski definition) is 0. The summed E-state index contributed by atoms with van der Waals surface area (Å²) in [5.74, 6) is 2.31. The van der Waals surface area contributed by atoms with Crippen molar-refractivity contribution in [3.8, 4) is 0 Å². The number of unbranched alkanes of at least 4 members (excludes halogenated alkanes) is 2. The quantitative estimate of drug-likeness (QED) is 0.429. The highest BCUT2D eigenvalue weighted by atomic mass is 14.3. The summed E-state index contributed by atoms with van der Waals surface area (Å²) in [6.45, 7) is 4.53. The Hall–Kier alpha value is 0. The molecular formula is C26H68. The first-order valence-electron chi connectivity index (χ1n) is 8.86. The summed E-state index contributed by atoms with van der Waals surface area (Å²) in [5, 5.41) is 0. The lowest BCUT2D eigenvalue weighted by Gasteiger charge is -2.05. The summed E-state index contributed by atoms with van der Waals surface area (Å²) < 4.78 is 0. The van der Waals surface area contributed by atoms with Crippen LogP contribution in [-0.2, 0) is 0 Å². The molecule has 0 aliphatic heterocycles. The van der Waals surface area contributed by atoms with Gasteiger partial charge >= 0.3 is 0 Å². The van der Waals surface area contributed by atoms with Crippen molar-refractivity contribution in [3.63, 3.8) is 0 Å². The standard InChI is InChI=1S/2C7H14.C4H8.8CH4/c2*1-2-3-4-7-5-6-7;1-2-4-3-1;;;;;;;;/h2*7H,2-6H2,1H3;1-4H2;8*1H4. The summed E-state index contributed by atoms with van der Waals surface area (Å²) in [6.07, 6.45) is 20.8. The second-order valence-electron chi connectivity index (χ2n) is 6.59. The highest BCUT2D eigenvalue weighted by Gasteiger charge is 2.19. The first kappa shape index (κ1) is 50.2. The zero-order chi connectivity index (χ0) is 13.1. The van der Waals surface area contributed by atoms with E-state index in [-0.39, 0.29) is 59.4 Å². The van der Waals surface area contributed by atoms with Crippen LogP contribution in [0.1, 0.15) is 163 Å². The third kappa shape index (κ3) is 39.2. The average Bonchev–Trinajstić information content (AvgIpc) is 3.14. The predicted octanol–water partition coefficient (Wildman–Crippen LogP) is 11.8. The van der Waals surface area contributed by atoms with Gasteiger partial charge in [-0.25, -0.2) is 0 Å². The Morgan fingerprint density at radius 3 is 0.808 bits per heavy atom. The van der Waals surface area contributed by atoms with Crippen LogP contribution in [0.15, 0.2) is 0 Å². The fraction of sp³-hybridized carbons (Fsp3) is 1.00. The van der Waals surface area contributed by atoms with Gasteiger partial charge in [-0.1, -0.05) is 163 Å². The van der Waals surface area contributed by atoms with E-state index in [1.807, 2.05) is 0 Å². The molecule has 0 atom stereocenters. The molecule has 0 amide bonds. The second-order valence-corrected chi connectivity index (χ2v) is 6.59. The first-order chi connectivity index (χ1) is 8.86. The van der Waals surface area contributed by atoms with Crippen LogP contribution in [0.2, 0.25) is 0 Å². The summed E-state index contributed by atoms with van der Waals surface area (Å²) in [7, 11) is 0. The molecule has 0 bridgehead atoms. The van der Waals surface area contributed by atoms with E-state index in [0.29, 0.717) is 0 Å². The van der Waals surface area contributed by atoms with Crippen molar-refractivity contribution in [2.45, 2.75) is 163 Å². The largest absolute Gasteiger partial charge is 0.0776 e. The molecular weight excluding hydrogens is 312 g/mol. The summed E-state index contributed by atoms with van der Waals surface area (Å²) in [4.78, 5) is 0. The van der Waals surface area contributed by atoms with E-state index in [1.54, 1.807) is 0 Å². The Balaban J connectivity index is -0.0000000276. The van der Waals surface area contributed by atoms with E-state index in [0.717, 1.165) is 11.8 Å². The van der Waals surface area contributed by atoms with Gasteiger partial charge in [0.25, 0.3) is 0 Å². The molecule has 0 saturated heterocycles. The van der Waals surface area contributed by atoms with Crippen molar-refractivity contribution in [1.29, 1.82) is 0 Å². The fourth-order valence-electron chi connectivity index (χ4n) is 2.05. The monoisotopic (exact) mass is 381 g/mol. The van der Waals surface area contributed by atoms with Crippen LogP contribution in [-0.4, -0.2) is 0 Å². The Morgan fingerprint density at radius 2 is 0.692 bits per heavy atom. The lowest BCUT2D eigenvalue weighted by molar-refractivity contribution is 0.504. The highest BCUT2D eigenvalue weighted by molar-refractivity contribution is 4.72. The Kier molecular flexibility index (Phi) is 69.4. The molecule has 0 nitrogen and oxygen atoms in total. The fourth-order valence-corrected chi connectivity index (χ4v) is 2.05. The molecule has 0 aromatic carbocycles. The SMILES string of the molecule is C.C.C.C.C.C.C.C.C1CCC1.CCCCC1CC1.CCCCC1CC1. The molecule has 3 aliphatic rings. The molecule has 3 rings (SSSR count). The van der Waals surface area contributed by atoms with E-state index < -0.39 is 0 Å². The lowest BCUT2D eigenvalue weighted by atomic mass is 10.0. The van der Waals surface area contributed by atoms with Crippen molar-refractivity contribution in [1.82, 2.24) is 0 Å². The molecule has 0 spiro atoms. The van der Waals surface area contributed by atoms with Gasteiger partial charge in [-0.2, -0.15) is 0 Å². The van der Waals surface area contributed by atoms with Gasteiger partial charge in [0, 0.05) is 0 Å². The lowest BCUT2D eigenvalue weighted by Crippen LogP contribution is -1.85. The molecule has 0 unspecified atom stereocenters. The zero-order valence-electron chi connectivity index (χ0n) is 13.1. The maximum absolute atomic E-state index is 2.27. The van der Waals surface area contributed by atoms with Gasteiger partial charge in [-0.05, 0) is 11.8 Å². The van der Waals surface area contributed by atoms with Crippen LogP contribution in [0.4, 0.5) is 0 Å². The van der Waals surface area contributed by atoms with Crippen molar-refractivity contribution in [2.75, 3.05) is 0 Å². The van der Waals surface area contributed by atoms with Crippen LogP contribution in [0.5, 0.6) is 0 Å². The van der Waals surface area contributed by atoms with Crippen molar-refractivity contribution >= 4 is 0 Å². The zero-order valence-corrected chi connectivity index (χ0v) is 13.1. The maximum Gasteiger partial charge on any atom is -0.0414 e. The van der Waals surface area contributed by atoms with Crippen molar-refractivity contribution in [2.24, 2.45) is 11.8 Å². The van der Waals surface area contributed by atoms with E-state index >= 15 is 0 Å². The van der Waals surface area contributed by atoms with Gasteiger partial charge < -0.3 is 0 Å². The molecule has 3 saturated carbocycles. The molecule has 0 radical (unpaired) electrons. The molecule has 172 valence electrons. The van der Waals surface area contributed by atoms with E-state index in [2.05, 4.69) is 13.8 Å². The first-order valence-corrected chi connectivity index (χ1v) is 8.86. The van der Waals surface area contributed by atoms with Gasteiger partial charge in [-0.3, -0.25) is 0 Å². The van der Waals surface area contributed by atoms with Crippen LogP contribution >= 0.6 is 0 Å². The van der Waals surface area contributed by atoms with E-state index in [4.69, 9.17) is 0 Å². The normalized spacial score (nSPS) is 14.5. The van der Waals surface area contributed by atoms with E-state index in [9.17, 15) is 0 Å². The molecule has 3 aliphatic carbocycles. The molecule has 0 aromatic heterocycles. The summed E-state index contributed by atoms with van der Waals surface area (Å²) >= 11 is 0. The minimum atomic E-state index is 0. The summed E-state index contributed by atoms with van der Waals surface area (Å²) in [6, 6.07) is 0. The third-order valence-corrected chi connectivity index (χ3v) is 4.33. The molecule has 0 aromatic rings. The topological polar surface area (TPSA) is 0 Å². The smallest absolute Gasteiger partial charge is 0.0414 e. The minimum Gasteiger partial charge on any atom is -0.0776 e. The second kappa shape index (κ2) is 36.0. The Bertz CT molecular complexity index is 141. The van der Waals surface area contributed by atoms with Gasteiger partial charge in [-0.15, -0.1) is 0 Å². The molecule has 3 fully saturated rings. The predicted molar refractivity (Wildman–Crippen MR) is 137 cm³/mol. The number of rotatable bonds is 6. The van der Waals surface area contributed by atoms with Gasteiger partial charge in [0.15, 0.2) is 0 Å². The van der Waals surface area contributed by atoms with Crippen molar-refractivity contribution in [3.05, 3.63) is 0 Å². The summed E-state index contributed by atoms with van der Waals surface area (Å²) in [5.41, 5.74) is 0. The highest BCUT2D eigenvalue weighted by Crippen LogP contribution is 2.34. The van der Waals surface area contributed by atoms with Crippen LogP contribution < -0.4 is 0 Å². The van der Waals surface area contributed by atoms with Crippen LogP contribution in [0.3, 0.4) is 0 Å². The molecule has 0 heteroatoms. The molecule has 0 heterocycles. The van der Waals surface area contributed by atoms with E-state index in [1.165, 1.54) is 89.9 Å². The Labute approximate surface area is 175 Å².